The van der Waals surface area contributed by atoms with Crippen LogP contribution in [0.3, 0.4) is 0 Å². The molecule has 3 amide bonds. The van der Waals surface area contributed by atoms with Gasteiger partial charge in [0.2, 0.25) is 5.96 Å². The third-order valence-electron chi connectivity index (χ3n) is 4.34. The summed E-state index contributed by atoms with van der Waals surface area (Å²) in [7, 11) is 0. The van der Waals surface area contributed by atoms with Crippen LogP contribution in [0.15, 0.2) is 53.3 Å². The van der Waals surface area contributed by atoms with Crippen LogP contribution in [0.25, 0.3) is 5.57 Å². The van der Waals surface area contributed by atoms with Crippen LogP contribution in [0, 0.1) is 0 Å². The van der Waals surface area contributed by atoms with Crippen molar-refractivity contribution in [1.29, 1.82) is 0 Å². The van der Waals surface area contributed by atoms with Gasteiger partial charge in [-0.25, -0.2) is 4.90 Å². The van der Waals surface area contributed by atoms with Gasteiger partial charge in [0, 0.05) is 23.9 Å². The normalized spacial score (nSPS) is 19.7. The van der Waals surface area contributed by atoms with Gasteiger partial charge in [0.25, 0.3) is 17.7 Å². The van der Waals surface area contributed by atoms with E-state index in [4.69, 9.17) is 5.73 Å². The molecule has 8 heteroatoms. The summed E-state index contributed by atoms with van der Waals surface area (Å²) in [4.78, 5) is 45.4. The van der Waals surface area contributed by atoms with Crippen molar-refractivity contribution in [2.75, 3.05) is 6.54 Å². The maximum absolute atomic E-state index is 12.9. The summed E-state index contributed by atoms with van der Waals surface area (Å²) in [6.07, 6.45) is 1.99. The molecule has 1 aromatic heterocycles. The van der Waals surface area contributed by atoms with E-state index in [1.165, 1.54) is 0 Å². The average Bonchev–Trinajstić information content (AvgIpc) is 3.19. The van der Waals surface area contributed by atoms with Crippen LogP contribution in [0.2, 0.25) is 0 Å². The molecule has 0 radical (unpaired) electrons. The average molecular weight is 349 g/mol. The number of rotatable bonds is 1. The Balaban J connectivity index is 1.88. The number of carbonyl (C=O) groups is 3. The second kappa shape index (κ2) is 5.99. The molecule has 2 aliphatic rings. The fraction of sp³-hybridized carbons (Fsp3) is 0.111. The summed E-state index contributed by atoms with van der Waals surface area (Å²) in [5, 5.41) is 2.75. The largest absolute Gasteiger partial charge is 0.369 e. The SMILES string of the molecule is NC1=NC(=O)/C(=C2\CCNC(=O)c3[nH]ccc32)N1C(=O)c1ccccc1. The van der Waals surface area contributed by atoms with E-state index in [9.17, 15) is 14.4 Å². The number of carbonyl (C=O) groups excluding carboxylic acids is 3. The van der Waals surface area contributed by atoms with E-state index in [1.54, 1.807) is 42.6 Å². The van der Waals surface area contributed by atoms with Crippen molar-refractivity contribution in [3.63, 3.8) is 0 Å². The van der Waals surface area contributed by atoms with Crippen molar-refractivity contribution >= 4 is 29.3 Å². The van der Waals surface area contributed by atoms with E-state index in [2.05, 4.69) is 15.3 Å². The van der Waals surface area contributed by atoms with Gasteiger partial charge in [0.1, 0.15) is 11.4 Å². The summed E-state index contributed by atoms with van der Waals surface area (Å²) < 4.78 is 0. The van der Waals surface area contributed by atoms with Gasteiger partial charge in [0.15, 0.2) is 0 Å². The molecule has 0 fully saturated rings. The number of fused-ring (bicyclic) bond motifs is 1. The standard InChI is InChI=1S/C18H15N5O3/c19-18-22-16(25)14(23(18)17(26)10-4-2-1-3-5-10)12-7-9-21-15(24)13-11(12)6-8-20-13/h1-6,8,20H,7,9H2,(H,21,24)(H2,19,22,25)/b14-12-. The van der Waals surface area contributed by atoms with Crippen LogP contribution >= 0.6 is 0 Å². The maximum atomic E-state index is 12.9. The first-order valence-electron chi connectivity index (χ1n) is 8.05. The highest BCUT2D eigenvalue weighted by Crippen LogP contribution is 2.32. The lowest BCUT2D eigenvalue weighted by Gasteiger charge is -2.20. The van der Waals surface area contributed by atoms with Gasteiger partial charge in [-0.3, -0.25) is 14.4 Å². The number of aliphatic imine (C=N–C) groups is 1. The molecule has 2 aromatic rings. The molecule has 0 saturated heterocycles. The molecule has 0 atom stereocenters. The van der Waals surface area contributed by atoms with Crippen molar-refractivity contribution in [2.45, 2.75) is 6.42 Å². The van der Waals surface area contributed by atoms with Crippen molar-refractivity contribution in [3.8, 4) is 0 Å². The van der Waals surface area contributed by atoms with Gasteiger partial charge in [-0.1, -0.05) is 18.2 Å². The summed E-state index contributed by atoms with van der Waals surface area (Å²) in [5.74, 6) is -1.48. The van der Waals surface area contributed by atoms with Gasteiger partial charge in [-0.2, -0.15) is 4.99 Å². The van der Waals surface area contributed by atoms with E-state index in [0.29, 0.717) is 35.4 Å². The third-order valence-corrected chi connectivity index (χ3v) is 4.34. The van der Waals surface area contributed by atoms with Gasteiger partial charge in [-0.15, -0.1) is 0 Å². The highest BCUT2D eigenvalue weighted by Gasteiger charge is 2.37. The summed E-state index contributed by atoms with van der Waals surface area (Å²) >= 11 is 0. The molecule has 0 aliphatic carbocycles. The van der Waals surface area contributed by atoms with Crippen LogP contribution < -0.4 is 11.1 Å². The number of nitrogens with one attached hydrogen (secondary N) is 2. The molecular formula is C18H15N5O3. The van der Waals surface area contributed by atoms with Crippen molar-refractivity contribution in [2.24, 2.45) is 10.7 Å². The van der Waals surface area contributed by atoms with Gasteiger partial charge >= 0.3 is 0 Å². The molecule has 3 heterocycles. The number of nitrogens with two attached hydrogens (primary N) is 1. The van der Waals surface area contributed by atoms with E-state index < -0.39 is 11.8 Å². The molecule has 0 saturated carbocycles. The molecular weight excluding hydrogens is 334 g/mol. The zero-order chi connectivity index (χ0) is 18.3. The van der Waals surface area contributed by atoms with Gasteiger partial charge < -0.3 is 16.0 Å². The fourth-order valence-electron chi connectivity index (χ4n) is 3.18. The van der Waals surface area contributed by atoms with Crippen LogP contribution in [0.4, 0.5) is 0 Å². The van der Waals surface area contributed by atoms with Crippen molar-refractivity contribution in [3.05, 3.63) is 65.1 Å². The Bertz CT molecular complexity index is 987. The number of aromatic nitrogens is 1. The molecule has 26 heavy (non-hydrogen) atoms. The summed E-state index contributed by atoms with van der Waals surface area (Å²) in [6, 6.07) is 10.2. The Morgan fingerprint density at radius 1 is 1.15 bits per heavy atom. The van der Waals surface area contributed by atoms with E-state index in [1.807, 2.05) is 0 Å². The molecule has 1 aromatic carbocycles. The number of H-pyrrole nitrogens is 1. The first-order chi connectivity index (χ1) is 12.6. The minimum absolute atomic E-state index is 0.0914. The lowest BCUT2D eigenvalue weighted by Crippen LogP contribution is -2.38. The fourth-order valence-corrected chi connectivity index (χ4v) is 3.18. The minimum atomic E-state index is -0.594. The second-order valence-corrected chi connectivity index (χ2v) is 5.88. The number of aromatic amines is 1. The topological polar surface area (TPSA) is 121 Å². The zero-order valence-electron chi connectivity index (χ0n) is 13.7. The Hall–Kier alpha value is -3.68. The number of benzene rings is 1. The quantitative estimate of drug-likeness (QED) is 0.661. The Morgan fingerprint density at radius 3 is 2.69 bits per heavy atom. The maximum Gasteiger partial charge on any atom is 0.297 e. The molecule has 2 aliphatic heterocycles. The second-order valence-electron chi connectivity index (χ2n) is 5.88. The van der Waals surface area contributed by atoms with Crippen LogP contribution in [0.5, 0.6) is 0 Å². The lowest BCUT2D eigenvalue weighted by atomic mass is 10.0. The van der Waals surface area contributed by atoms with Crippen LogP contribution in [-0.2, 0) is 4.79 Å². The predicted molar refractivity (Wildman–Crippen MR) is 93.9 cm³/mol. The Kier molecular flexibility index (Phi) is 3.65. The van der Waals surface area contributed by atoms with Crippen molar-refractivity contribution in [1.82, 2.24) is 15.2 Å². The molecule has 0 bridgehead atoms. The monoisotopic (exact) mass is 349 g/mol. The summed E-state index contributed by atoms with van der Waals surface area (Å²) in [6.45, 7) is 0.334. The Morgan fingerprint density at radius 2 is 1.92 bits per heavy atom. The molecule has 0 spiro atoms. The molecule has 4 rings (SSSR count). The number of nitrogens with zero attached hydrogens (tertiary/aromatic N) is 2. The number of hydrogen-bond acceptors (Lipinski definition) is 4. The molecule has 0 unspecified atom stereocenters. The first-order valence-corrected chi connectivity index (χ1v) is 8.05. The van der Waals surface area contributed by atoms with Gasteiger partial charge in [0.05, 0.1) is 0 Å². The highest BCUT2D eigenvalue weighted by atomic mass is 16.2. The summed E-state index contributed by atoms with van der Waals surface area (Å²) in [5.41, 5.74) is 7.82. The predicted octanol–water partition coefficient (Wildman–Crippen LogP) is 0.857. The van der Waals surface area contributed by atoms with Crippen molar-refractivity contribution < 1.29 is 14.4 Å². The number of guanidine groups is 1. The van der Waals surface area contributed by atoms with Crippen LogP contribution in [-0.4, -0.2) is 40.1 Å². The Labute approximate surface area is 148 Å². The molecule has 130 valence electrons. The van der Waals surface area contributed by atoms with E-state index >= 15 is 0 Å². The molecule has 4 N–H and O–H groups in total. The minimum Gasteiger partial charge on any atom is -0.369 e. The van der Waals surface area contributed by atoms with E-state index in [0.717, 1.165) is 4.90 Å². The highest BCUT2D eigenvalue weighted by molar-refractivity contribution is 6.22. The third kappa shape index (κ3) is 2.39. The van der Waals surface area contributed by atoms with E-state index in [-0.39, 0.29) is 17.6 Å². The number of hydrogen-bond donors (Lipinski definition) is 3. The number of amides is 3. The lowest BCUT2D eigenvalue weighted by molar-refractivity contribution is -0.114. The molecule has 8 nitrogen and oxygen atoms in total. The first kappa shape index (κ1) is 15.8. The smallest absolute Gasteiger partial charge is 0.297 e. The van der Waals surface area contributed by atoms with Gasteiger partial charge in [-0.05, 0) is 30.2 Å². The zero-order valence-corrected chi connectivity index (χ0v) is 13.7. The van der Waals surface area contributed by atoms with Crippen LogP contribution in [0.1, 0.15) is 32.8 Å².